The Bertz CT molecular complexity index is 4090. The average Bonchev–Trinajstić information content (AvgIpc) is 1.80. The van der Waals surface area contributed by atoms with Crippen molar-refractivity contribution >= 4 is 119 Å². The lowest BCUT2D eigenvalue weighted by molar-refractivity contribution is -0.142. The summed E-state index contributed by atoms with van der Waals surface area (Å²) in [5.74, 6) is -16.4. The number of hydrogen-bond acceptors (Lipinski definition) is 22. The fraction of sp³-hybridized carbons (Fsp3) is 0.467. The molecule has 0 aliphatic heterocycles. The van der Waals surface area contributed by atoms with Gasteiger partial charge in [0, 0.05) is 54.3 Å². The van der Waals surface area contributed by atoms with Gasteiger partial charge in [-0.2, -0.15) is 25.3 Å². The molecule has 35 nitrogen and oxygen atoms in total. The van der Waals surface area contributed by atoms with E-state index in [1.165, 1.54) is 13.8 Å². The highest BCUT2D eigenvalue weighted by Gasteiger charge is 2.39. The molecular formula is C75H105N17O18S2. The number of H-pyrrole nitrogens is 1. The molecule has 0 radical (unpaired) electrons. The second kappa shape index (κ2) is 47.6. The third kappa shape index (κ3) is 30.3. The van der Waals surface area contributed by atoms with Gasteiger partial charge < -0.3 is 112 Å². The summed E-state index contributed by atoms with van der Waals surface area (Å²) in [5.41, 5.74) is 19.6. The molecular weight excluding hydrogens is 1490 g/mol. The average molecular weight is 1600 g/mol. The van der Waals surface area contributed by atoms with Crippen molar-refractivity contribution in [1.29, 1.82) is 0 Å². The molecule has 5 rings (SSSR count). The first-order valence-electron chi connectivity index (χ1n) is 37.7. The fourth-order valence-electron chi connectivity index (χ4n) is 11.3. The SMILES string of the molecule is [2H]N(C(=O)[C@H](CS)NC(=O)CNC(=O)[C@@H](C)N)[C@@H](CCCCN)C(=O)N[C@@H](C)C(=O)N[C@@H](Cc1ccccc1)C(=O)N([2H])[C@@H](Cc1ccccc1)C(=O)N[C@@H](Cc1c[nH]c2ccccc12)C(=O)N[C@@H](CCCCN)C(=O)N[C@H](C(=O)N[C@@H](Cc1ccccc1)C(=O)N[C@H](C(=O)N([2H])[C@@H](CO)C(=O)N[C@@H](CS)C(=O)O)[C@@H](C)O)[C@@H](C)O. The van der Waals surface area contributed by atoms with Crippen LogP contribution in [0.15, 0.2) is 121 Å². The molecule has 0 fully saturated rings. The number of hydrogen-bond donors (Lipinski definition) is 23. The topological polar surface area (TPSA) is 570 Å². The number of carboxylic acids is 1. The van der Waals surface area contributed by atoms with E-state index in [2.05, 4.69) is 78.1 Å². The van der Waals surface area contributed by atoms with Gasteiger partial charge >= 0.3 is 5.97 Å². The molecule has 24 N–H and O–H groups in total. The van der Waals surface area contributed by atoms with E-state index in [0.717, 1.165) is 13.8 Å². The van der Waals surface area contributed by atoms with Crippen molar-refractivity contribution < 1.29 is 91.8 Å². The van der Waals surface area contributed by atoms with Crippen molar-refractivity contribution in [2.75, 3.05) is 37.7 Å². The lowest BCUT2D eigenvalue weighted by atomic mass is 10.00. The summed E-state index contributed by atoms with van der Waals surface area (Å²) in [6.07, 6.45) is -2.76. The lowest BCUT2D eigenvalue weighted by Gasteiger charge is -2.29. The van der Waals surface area contributed by atoms with Crippen LogP contribution >= 0.6 is 25.3 Å². The summed E-state index contributed by atoms with van der Waals surface area (Å²) in [6.45, 7) is 3.28. The first-order chi connectivity index (χ1) is 54.7. The van der Waals surface area contributed by atoms with E-state index in [0.29, 0.717) is 50.2 Å². The van der Waals surface area contributed by atoms with Crippen molar-refractivity contribution in [3.8, 4) is 0 Å². The Labute approximate surface area is 663 Å². The number of benzene rings is 4. The van der Waals surface area contributed by atoms with Crippen LogP contribution in [-0.4, -0.2) is 237 Å². The summed E-state index contributed by atoms with van der Waals surface area (Å²) in [6, 6.07) is 9.51. The van der Waals surface area contributed by atoms with Crippen molar-refractivity contribution in [2.24, 2.45) is 17.2 Å². The largest absolute Gasteiger partial charge is 0.480 e. The highest BCUT2D eigenvalue weighted by molar-refractivity contribution is 7.80. The van der Waals surface area contributed by atoms with Gasteiger partial charge in [-0.1, -0.05) is 109 Å². The number of carbonyl (C=O) groups is 14. The molecule has 0 aliphatic rings. The first-order valence-corrected chi connectivity index (χ1v) is 37.7. The maximum absolute atomic E-state index is 15.4. The third-order valence-electron chi connectivity index (χ3n) is 17.6. The normalized spacial score (nSPS) is 15.6. The molecule has 0 unspecified atom stereocenters. The van der Waals surface area contributed by atoms with Crippen molar-refractivity contribution in [3.05, 3.63) is 144 Å². The predicted octanol–water partition coefficient (Wildman–Crippen LogP) is -4.30. The number of carboxylic acid groups (broad SMARTS) is 1. The number of aromatic nitrogens is 1. The van der Waals surface area contributed by atoms with E-state index >= 15 is 14.4 Å². The van der Waals surface area contributed by atoms with Crippen LogP contribution in [0.3, 0.4) is 0 Å². The van der Waals surface area contributed by atoms with Crippen molar-refractivity contribution in [2.45, 2.75) is 183 Å². The minimum Gasteiger partial charge on any atom is -0.480 e. The Morgan fingerprint density at radius 1 is 0.429 bits per heavy atom. The molecule has 1 heterocycles. The van der Waals surface area contributed by atoms with Gasteiger partial charge in [-0.15, -0.1) is 0 Å². The van der Waals surface area contributed by atoms with Crippen molar-refractivity contribution in [3.63, 3.8) is 0 Å². The van der Waals surface area contributed by atoms with Gasteiger partial charge in [0.15, 0.2) is 4.24 Å². The molecule has 5 aromatic rings. The van der Waals surface area contributed by atoms with Gasteiger partial charge in [-0.3, -0.25) is 62.3 Å². The number of aliphatic hydroxyl groups excluding tert-OH is 3. The summed E-state index contributed by atoms with van der Waals surface area (Å²) in [4.78, 5) is 199. The number of unbranched alkanes of at least 4 members (excludes halogenated alkanes) is 2. The molecule has 13 amide bonds. The Morgan fingerprint density at radius 2 is 0.830 bits per heavy atom. The highest BCUT2D eigenvalue weighted by atomic mass is 32.1. The Hall–Kier alpha value is -10.5. The summed E-state index contributed by atoms with van der Waals surface area (Å²) in [7, 11) is 0. The minimum atomic E-state index is -2.08. The van der Waals surface area contributed by atoms with Crippen LogP contribution in [0.5, 0.6) is 0 Å². The lowest BCUT2D eigenvalue weighted by Crippen LogP contribution is -2.63. The molecule has 610 valence electrons. The summed E-state index contributed by atoms with van der Waals surface area (Å²) in [5, 5.41) is 67.3. The highest BCUT2D eigenvalue weighted by Crippen LogP contribution is 2.21. The molecule has 112 heavy (non-hydrogen) atoms. The van der Waals surface area contributed by atoms with Crippen LogP contribution in [0.4, 0.5) is 0 Å². The molecule has 1 aromatic heterocycles. The fourth-order valence-corrected chi connectivity index (χ4v) is 11.8. The number of carbonyl (C=O) groups excluding carboxylic acids is 13. The molecule has 15 atom stereocenters. The number of nitrogens with two attached hydrogens (primary N) is 3. The van der Waals surface area contributed by atoms with Crippen LogP contribution in [-0.2, 0) is 92.8 Å². The third-order valence-corrected chi connectivity index (χ3v) is 18.3. The molecule has 0 saturated carbocycles. The van der Waals surface area contributed by atoms with E-state index in [1.807, 2.05) is 5.32 Å². The van der Waals surface area contributed by atoms with Crippen LogP contribution in [0.25, 0.3) is 10.9 Å². The molecule has 0 bridgehead atoms. The number of para-hydroxylation sites is 1. The van der Waals surface area contributed by atoms with E-state index in [9.17, 15) is 74.6 Å². The van der Waals surface area contributed by atoms with Gasteiger partial charge in [0.05, 0.1) is 31.4 Å². The van der Waals surface area contributed by atoms with Gasteiger partial charge in [0.1, 0.15) is 72.5 Å². The Morgan fingerprint density at radius 3 is 1.35 bits per heavy atom. The molecule has 0 spiro atoms. The summed E-state index contributed by atoms with van der Waals surface area (Å²) >= 11 is 8.05. The number of amides is 13. The number of aliphatic hydroxyl groups is 3. The molecule has 37 heteroatoms. The molecule has 0 saturated heterocycles. The van der Waals surface area contributed by atoms with Crippen LogP contribution < -0.4 is 86.3 Å². The Balaban J connectivity index is 1.47. The van der Waals surface area contributed by atoms with E-state index in [1.54, 1.807) is 121 Å². The van der Waals surface area contributed by atoms with Gasteiger partial charge in [-0.25, -0.2) is 4.79 Å². The van der Waals surface area contributed by atoms with E-state index in [-0.39, 0.29) is 81.9 Å². The van der Waals surface area contributed by atoms with E-state index < -0.39 is 192 Å². The zero-order chi connectivity index (χ0) is 85.2. The molecule has 0 aliphatic carbocycles. The second-order valence-electron chi connectivity index (χ2n) is 26.7. The maximum Gasteiger partial charge on any atom is 0.327 e. The standard InChI is InChI=1S/C75H105N17O18S2/c1-41(78)63(97)80-37-60(96)82-58(39-111)72(106)84-51(28-16-18-30-76)65(99)81-42(2)64(98)85-53(32-45-20-8-5-9-21-45)67(101)86-54(33-46-22-10-6-11-23-46)68(102)87-56(35-48-36-79-50-27-15-14-26-49(48)50)69(103)83-52(29-17-19-31-77)66(100)91-61(43(3)94)73(107)88-55(34-47-24-12-7-13-25-47)70(104)92-62(44(4)95)74(108)89-57(38-93)71(105)90-59(40-112)75(109)110/h5-15,20-27,36,41-44,51-59,61-62,79,93-95,111-112H,16-19,28-35,37-40,76-78H2,1-4H3,(H,80,97)(H,81,99)(H,82,96)(H,83,103)(H,84,106)(H,85,98)(H,86,101)(H,87,102)(H,88,107)(H,89,108)(H,90,105)(H,91,100)(H,92,104)(H,109,110)/t41-,42+,43-,44-,51+,52+,53+,54+,55+,56+,57+,58+,59+,61+,62+/m1/s1/i/hD3. The zero-order valence-electron chi connectivity index (χ0n) is 65.5. The summed E-state index contributed by atoms with van der Waals surface area (Å²) < 4.78 is 27.0. The number of rotatable bonds is 48. The monoisotopic (exact) mass is 1600 g/mol. The number of nitrogens with one attached hydrogen (secondary N) is 14. The van der Waals surface area contributed by atoms with Gasteiger partial charge in [0.25, 0.3) is 0 Å². The molecule has 4 aromatic carbocycles. The van der Waals surface area contributed by atoms with Crippen LogP contribution in [0.2, 0.25) is 4.24 Å². The maximum atomic E-state index is 15.4. The zero-order valence-corrected chi connectivity index (χ0v) is 64.3. The minimum absolute atomic E-state index is 0.0725. The smallest absolute Gasteiger partial charge is 0.327 e. The number of fused-ring (bicyclic) bond motifs is 1. The van der Waals surface area contributed by atoms with Crippen molar-refractivity contribution in [1.82, 2.24) is 74.1 Å². The van der Waals surface area contributed by atoms with Crippen LogP contribution in [0, 0.1) is 0 Å². The number of aromatic amines is 1. The van der Waals surface area contributed by atoms with E-state index in [4.69, 9.17) is 20.0 Å². The quantitative estimate of drug-likeness (QED) is 0.0129. The van der Waals surface area contributed by atoms with Gasteiger partial charge in [-0.05, 0) is 108 Å². The second-order valence-corrected chi connectivity index (χ2v) is 27.4. The predicted molar refractivity (Wildman–Crippen MR) is 420 cm³/mol. The Kier molecular flexibility index (Phi) is 37.0. The van der Waals surface area contributed by atoms with Crippen LogP contribution in [0.1, 0.15) is 88.5 Å². The first kappa shape index (κ1) is 87.0. The van der Waals surface area contributed by atoms with Gasteiger partial charge in [0.2, 0.25) is 76.8 Å². The number of aliphatic carboxylic acids is 1. The number of thiol groups is 2.